The van der Waals surface area contributed by atoms with Crippen molar-refractivity contribution >= 4 is 23.0 Å². The Morgan fingerprint density at radius 3 is 2.50 bits per heavy atom. The van der Waals surface area contributed by atoms with Crippen molar-refractivity contribution in [3.63, 3.8) is 0 Å². The van der Waals surface area contributed by atoms with Gasteiger partial charge in [-0.1, -0.05) is 13.0 Å². The summed E-state index contributed by atoms with van der Waals surface area (Å²) in [5.41, 5.74) is 4.31. The number of pyridine rings is 1. The molecule has 0 saturated carbocycles. The minimum Gasteiger partial charge on any atom is -0.378 e. The van der Waals surface area contributed by atoms with Crippen LogP contribution in [0.15, 0.2) is 41.3 Å². The molecule has 4 heterocycles. The van der Waals surface area contributed by atoms with Crippen LogP contribution in [0.4, 0.5) is 17.1 Å². The molecule has 32 heavy (non-hydrogen) atoms. The summed E-state index contributed by atoms with van der Waals surface area (Å²) in [6, 6.07) is 9.68. The number of nitrogens with zero attached hydrogens (tertiary/aromatic N) is 4. The van der Waals surface area contributed by atoms with Crippen LogP contribution in [0.2, 0.25) is 0 Å². The van der Waals surface area contributed by atoms with Crippen LogP contribution in [0, 0.1) is 5.92 Å². The van der Waals surface area contributed by atoms with E-state index in [2.05, 4.69) is 22.8 Å². The third-order valence-electron chi connectivity index (χ3n) is 7.08. The number of ether oxygens (including phenoxy) is 1. The van der Waals surface area contributed by atoms with Crippen LogP contribution in [-0.4, -0.2) is 56.4 Å². The highest BCUT2D eigenvalue weighted by Crippen LogP contribution is 2.36. The molecule has 1 aromatic heterocycles. The maximum Gasteiger partial charge on any atom is 0.251 e. The first-order valence-electron chi connectivity index (χ1n) is 11.8. The molecule has 3 aliphatic heterocycles. The Morgan fingerprint density at radius 2 is 1.72 bits per heavy atom. The molecule has 1 amide bonds. The highest BCUT2D eigenvalue weighted by atomic mass is 16.5. The summed E-state index contributed by atoms with van der Waals surface area (Å²) < 4.78 is 7.06. The van der Waals surface area contributed by atoms with Crippen molar-refractivity contribution in [2.24, 2.45) is 5.92 Å². The molecule has 0 aliphatic carbocycles. The first-order chi connectivity index (χ1) is 15.6. The summed E-state index contributed by atoms with van der Waals surface area (Å²) in [5.74, 6) is 0.714. The molecule has 0 bridgehead atoms. The van der Waals surface area contributed by atoms with E-state index in [1.165, 1.54) is 11.3 Å². The number of carbonyl (C=O) groups excluding carboxylic acids is 1. The third-order valence-corrected chi connectivity index (χ3v) is 7.08. The molecule has 1 aromatic carbocycles. The predicted octanol–water partition coefficient (Wildman–Crippen LogP) is 2.51. The van der Waals surface area contributed by atoms with Crippen molar-refractivity contribution in [3.05, 3.63) is 52.4 Å². The van der Waals surface area contributed by atoms with Crippen LogP contribution in [0.1, 0.15) is 25.3 Å². The number of carbonyl (C=O) groups is 1. The SMILES string of the molecule is CC1CCN(c2ccc(=O)n(CC(=O)N3CCc4c(N5CCOCC5)cccc43)c2)CC1. The molecule has 2 saturated heterocycles. The van der Waals surface area contributed by atoms with E-state index in [9.17, 15) is 9.59 Å². The van der Waals surface area contributed by atoms with E-state index in [0.29, 0.717) is 6.54 Å². The summed E-state index contributed by atoms with van der Waals surface area (Å²) in [7, 11) is 0. The molecule has 2 fully saturated rings. The quantitative estimate of drug-likeness (QED) is 0.737. The smallest absolute Gasteiger partial charge is 0.251 e. The summed E-state index contributed by atoms with van der Waals surface area (Å²) in [6.07, 6.45) is 5.02. The highest BCUT2D eigenvalue weighted by Gasteiger charge is 2.29. The van der Waals surface area contributed by atoms with Gasteiger partial charge in [0.15, 0.2) is 0 Å². The van der Waals surface area contributed by atoms with E-state index in [1.807, 2.05) is 29.3 Å². The van der Waals surface area contributed by atoms with Crippen molar-refractivity contribution in [3.8, 4) is 0 Å². The number of aromatic nitrogens is 1. The van der Waals surface area contributed by atoms with Gasteiger partial charge in [0.1, 0.15) is 6.54 Å². The Hall–Kier alpha value is -2.80. The zero-order chi connectivity index (χ0) is 22.1. The molecular weight excluding hydrogens is 404 g/mol. The number of fused-ring (bicyclic) bond motifs is 1. The van der Waals surface area contributed by atoms with Crippen molar-refractivity contribution in [2.45, 2.75) is 32.7 Å². The largest absolute Gasteiger partial charge is 0.378 e. The number of anilines is 3. The third kappa shape index (κ3) is 4.13. The maximum absolute atomic E-state index is 13.3. The standard InChI is InChI=1S/C25H32N4O3/c1-19-7-10-26(11-8-19)20-5-6-24(30)28(17-20)18-25(31)29-12-9-21-22(3-2-4-23(21)29)27-13-15-32-16-14-27/h2-6,17,19H,7-16,18H2,1H3. The number of hydrogen-bond donors (Lipinski definition) is 0. The van der Waals surface area contributed by atoms with Crippen LogP contribution in [-0.2, 0) is 22.5 Å². The fraction of sp³-hybridized carbons (Fsp3) is 0.520. The summed E-state index contributed by atoms with van der Waals surface area (Å²) >= 11 is 0. The van der Waals surface area contributed by atoms with Gasteiger partial charge in [-0.3, -0.25) is 9.59 Å². The Morgan fingerprint density at radius 1 is 0.969 bits per heavy atom. The number of amides is 1. The van der Waals surface area contributed by atoms with Crippen molar-refractivity contribution in [2.75, 3.05) is 60.6 Å². The second-order valence-electron chi connectivity index (χ2n) is 9.19. The topological polar surface area (TPSA) is 58.0 Å². The fourth-order valence-electron chi connectivity index (χ4n) is 5.10. The van der Waals surface area contributed by atoms with Gasteiger partial charge >= 0.3 is 0 Å². The first-order valence-corrected chi connectivity index (χ1v) is 11.8. The van der Waals surface area contributed by atoms with Crippen molar-refractivity contribution in [1.29, 1.82) is 0 Å². The zero-order valence-corrected chi connectivity index (χ0v) is 18.8. The molecule has 0 unspecified atom stereocenters. The van der Waals surface area contributed by atoms with E-state index in [1.54, 1.807) is 10.6 Å². The predicted molar refractivity (Wildman–Crippen MR) is 127 cm³/mol. The zero-order valence-electron chi connectivity index (χ0n) is 18.8. The van der Waals surface area contributed by atoms with Crippen LogP contribution in [0.3, 0.4) is 0 Å². The molecule has 0 atom stereocenters. The number of morpholine rings is 1. The van der Waals surface area contributed by atoms with Gasteiger partial charge in [0.2, 0.25) is 5.91 Å². The molecule has 2 aromatic rings. The van der Waals surface area contributed by atoms with E-state index in [0.717, 1.165) is 75.9 Å². The average molecular weight is 437 g/mol. The van der Waals surface area contributed by atoms with Gasteiger partial charge in [-0.05, 0) is 43.4 Å². The summed E-state index contributed by atoms with van der Waals surface area (Å²) in [6.45, 7) is 8.24. The lowest BCUT2D eigenvalue weighted by Gasteiger charge is -2.32. The van der Waals surface area contributed by atoms with Gasteiger partial charge in [0.05, 0.1) is 18.9 Å². The molecular formula is C25H32N4O3. The minimum absolute atomic E-state index is 0.0330. The van der Waals surface area contributed by atoms with E-state index in [4.69, 9.17) is 4.74 Å². The van der Waals surface area contributed by atoms with E-state index < -0.39 is 0 Å². The molecule has 170 valence electrons. The number of hydrogen-bond acceptors (Lipinski definition) is 5. The second-order valence-corrected chi connectivity index (χ2v) is 9.19. The number of benzene rings is 1. The molecule has 5 rings (SSSR count). The van der Waals surface area contributed by atoms with Gasteiger partial charge < -0.3 is 24.0 Å². The van der Waals surface area contributed by atoms with Crippen molar-refractivity contribution in [1.82, 2.24) is 4.57 Å². The Kier molecular flexibility index (Phi) is 5.91. The summed E-state index contributed by atoms with van der Waals surface area (Å²) in [4.78, 5) is 32.3. The maximum atomic E-state index is 13.3. The Balaban J connectivity index is 1.34. The Bertz CT molecular complexity index is 1040. The van der Waals surface area contributed by atoms with Gasteiger partial charge in [-0.2, -0.15) is 0 Å². The lowest BCUT2D eigenvalue weighted by atomic mass is 9.99. The number of rotatable bonds is 4. The lowest BCUT2D eigenvalue weighted by Crippen LogP contribution is -2.37. The second kappa shape index (κ2) is 8.98. The van der Waals surface area contributed by atoms with Gasteiger partial charge in [0, 0.05) is 61.9 Å². The molecule has 0 spiro atoms. The molecule has 7 nitrogen and oxygen atoms in total. The first kappa shape index (κ1) is 21.1. The summed E-state index contributed by atoms with van der Waals surface area (Å²) in [5, 5.41) is 0. The van der Waals surface area contributed by atoms with E-state index in [-0.39, 0.29) is 18.0 Å². The molecule has 0 radical (unpaired) electrons. The highest BCUT2D eigenvalue weighted by molar-refractivity contribution is 5.96. The molecule has 7 heteroatoms. The molecule has 3 aliphatic rings. The molecule has 0 N–H and O–H groups in total. The monoisotopic (exact) mass is 436 g/mol. The van der Waals surface area contributed by atoms with Crippen LogP contribution in [0.25, 0.3) is 0 Å². The minimum atomic E-state index is -0.131. The van der Waals surface area contributed by atoms with Gasteiger partial charge in [0.25, 0.3) is 5.56 Å². The van der Waals surface area contributed by atoms with Gasteiger partial charge in [-0.25, -0.2) is 0 Å². The van der Waals surface area contributed by atoms with E-state index >= 15 is 0 Å². The fourth-order valence-corrected chi connectivity index (χ4v) is 5.10. The Labute approximate surface area is 189 Å². The van der Waals surface area contributed by atoms with Crippen LogP contribution in [0.5, 0.6) is 0 Å². The van der Waals surface area contributed by atoms with Crippen LogP contribution < -0.4 is 20.3 Å². The number of piperidine rings is 1. The van der Waals surface area contributed by atoms with Crippen molar-refractivity contribution < 1.29 is 9.53 Å². The normalized spacial score (nSPS) is 19.3. The average Bonchev–Trinajstić information content (AvgIpc) is 3.26. The van der Waals surface area contributed by atoms with Crippen LogP contribution >= 0.6 is 0 Å². The van der Waals surface area contributed by atoms with Gasteiger partial charge in [-0.15, -0.1) is 0 Å². The lowest BCUT2D eigenvalue weighted by molar-refractivity contribution is -0.119.